The molecular weight excluding hydrogens is 769 g/mol. The fourth-order valence-electron chi connectivity index (χ4n) is 7.61. The summed E-state index contributed by atoms with van der Waals surface area (Å²) in [5.41, 5.74) is 0. The lowest BCUT2D eigenvalue weighted by Crippen LogP contribution is -2.30. The van der Waals surface area contributed by atoms with Crippen LogP contribution in [-0.2, 0) is 28.6 Å². The molecule has 0 fully saturated rings. The molecule has 0 bridgehead atoms. The number of carbonyl (C=O) groups excluding carboxylic acids is 3. The molecule has 0 aliphatic carbocycles. The van der Waals surface area contributed by atoms with E-state index >= 15 is 0 Å². The van der Waals surface area contributed by atoms with Crippen molar-refractivity contribution < 1.29 is 28.6 Å². The third kappa shape index (κ3) is 48.4. The second kappa shape index (κ2) is 51.0. The Bertz CT molecular complexity index is 1090. The molecule has 0 aliphatic heterocycles. The highest BCUT2D eigenvalue weighted by molar-refractivity contribution is 5.71. The molecule has 62 heavy (non-hydrogen) atoms. The first kappa shape index (κ1) is 59.4. The van der Waals surface area contributed by atoms with Crippen molar-refractivity contribution in [2.75, 3.05) is 13.2 Å². The molecule has 1 atom stereocenters. The van der Waals surface area contributed by atoms with Gasteiger partial charge in [-0.05, 0) is 57.8 Å². The van der Waals surface area contributed by atoms with E-state index in [9.17, 15) is 14.4 Å². The van der Waals surface area contributed by atoms with Crippen molar-refractivity contribution in [3.8, 4) is 0 Å². The van der Waals surface area contributed by atoms with Crippen LogP contribution in [0.1, 0.15) is 271 Å². The average Bonchev–Trinajstić information content (AvgIpc) is 3.27. The van der Waals surface area contributed by atoms with Crippen molar-refractivity contribution >= 4 is 17.9 Å². The van der Waals surface area contributed by atoms with E-state index in [0.29, 0.717) is 19.3 Å². The van der Waals surface area contributed by atoms with Gasteiger partial charge >= 0.3 is 17.9 Å². The molecule has 0 aliphatic rings. The second-order valence-electron chi connectivity index (χ2n) is 17.8. The Morgan fingerprint density at radius 1 is 0.339 bits per heavy atom. The third-order valence-electron chi connectivity index (χ3n) is 11.6. The number of ether oxygens (including phenoxy) is 3. The molecule has 0 heterocycles. The maximum atomic E-state index is 12.8. The number of unbranched alkanes of at least 4 members (excludes halogenated alkanes) is 29. The first-order valence-corrected chi connectivity index (χ1v) is 26.6. The van der Waals surface area contributed by atoms with E-state index in [-0.39, 0.29) is 37.5 Å². The van der Waals surface area contributed by atoms with Gasteiger partial charge < -0.3 is 14.2 Å². The number of esters is 3. The van der Waals surface area contributed by atoms with Crippen molar-refractivity contribution in [3.63, 3.8) is 0 Å². The van der Waals surface area contributed by atoms with Crippen LogP contribution in [0.5, 0.6) is 0 Å². The summed E-state index contributed by atoms with van der Waals surface area (Å²) >= 11 is 0. The maximum absolute atomic E-state index is 12.8. The van der Waals surface area contributed by atoms with Gasteiger partial charge in [-0.3, -0.25) is 14.4 Å². The highest BCUT2D eigenvalue weighted by atomic mass is 16.6. The standard InChI is InChI=1S/C56H100O6/c1-4-7-10-13-16-19-22-24-26-27-28-30-31-34-37-40-43-46-49-55(58)61-52-53(51-60-54(57)48-45-42-39-36-33-21-18-15-12-9-6-3)62-56(59)50-47-44-41-38-35-32-29-25-23-20-17-14-11-8-5-2/h8,11,17,20,25,29,35,38,53H,4-7,9-10,12-16,18-19,21-24,26-28,30-34,36-37,39-52H2,1-3H3/b11-8-,20-17-,29-25-,38-35-. The minimum atomic E-state index is -0.789. The van der Waals surface area contributed by atoms with Crippen LogP contribution in [0.25, 0.3) is 0 Å². The van der Waals surface area contributed by atoms with Crippen LogP contribution < -0.4 is 0 Å². The normalized spacial score (nSPS) is 12.4. The molecule has 0 aromatic carbocycles. The lowest BCUT2D eigenvalue weighted by Gasteiger charge is -2.18. The van der Waals surface area contributed by atoms with Gasteiger partial charge in [-0.1, -0.05) is 243 Å². The summed E-state index contributed by atoms with van der Waals surface area (Å²) in [5, 5.41) is 0. The molecule has 6 heteroatoms. The van der Waals surface area contributed by atoms with Gasteiger partial charge in [0.1, 0.15) is 13.2 Å². The molecule has 0 aromatic heterocycles. The minimum Gasteiger partial charge on any atom is -0.462 e. The molecule has 0 radical (unpaired) electrons. The number of hydrogen-bond acceptors (Lipinski definition) is 6. The van der Waals surface area contributed by atoms with Crippen LogP contribution in [0.15, 0.2) is 48.6 Å². The fourth-order valence-corrected chi connectivity index (χ4v) is 7.61. The first-order valence-electron chi connectivity index (χ1n) is 26.6. The van der Waals surface area contributed by atoms with Crippen molar-refractivity contribution in [1.82, 2.24) is 0 Å². The molecule has 0 saturated heterocycles. The quantitative estimate of drug-likeness (QED) is 0.0262. The zero-order valence-electron chi connectivity index (χ0n) is 41.1. The molecule has 0 saturated carbocycles. The Kier molecular flexibility index (Phi) is 48.8. The predicted molar refractivity (Wildman–Crippen MR) is 265 cm³/mol. The van der Waals surface area contributed by atoms with Crippen LogP contribution >= 0.6 is 0 Å². The number of rotatable bonds is 48. The van der Waals surface area contributed by atoms with E-state index in [1.165, 1.54) is 148 Å². The summed E-state index contributed by atoms with van der Waals surface area (Å²) in [7, 11) is 0. The van der Waals surface area contributed by atoms with E-state index in [1.54, 1.807) is 0 Å². The lowest BCUT2D eigenvalue weighted by atomic mass is 10.0. The summed E-state index contributed by atoms with van der Waals surface area (Å²) in [5.74, 6) is -0.918. The van der Waals surface area contributed by atoms with Crippen LogP contribution in [0.4, 0.5) is 0 Å². The summed E-state index contributed by atoms with van der Waals surface area (Å²) in [6, 6.07) is 0. The molecule has 6 nitrogen and oxygen atoms in total. The van der Waals surface area contributed by atoms with Crippen LogP contribution in [-0.4, -0.2) is 37.2 Å². The average molecular weight is 869 g/mol. The van der Waals surface area contributed by atoms with Gasteiger partial charge in [-0.2, -0.15) is 0 Å². The molecular formula is C56H100O6. The summed E-state index contributed by atoms with van der Waals surface area (Å²) in [4.78, 5) is 38.0. The lowest BCUT2D eigenvalue weighted by molar-refractivity contribution is -0.167. The zero-order valence-corrected chi connectivity index (χ0v) is 41.1. The second-order valence-corrected chi connectivity index (χ2v) is 17.8. The van der Waals surface area contributed by atoms with Gasteiger partial charge in [0.25, 0.3) is 0 Å². The molecule has 0 rings (SSSR count). The molecule has 0 aromatic rings. The number of hydrogen-bond donors (Lipinski definition) is 0. The van der Waals surface area contributed by atoms with Crippen molar-refractivity contribution in [1.29, 1.82) is 0 Å². The Hall–Kier alpha value is -2.63. The highest BCUT2D eigenvalue weighted by Crippen LogP contribution is 2.16. The van der Waals surface area contributed by atoms with Crippen LogP contribution in [0.2, 0.25) is 0 Å². The van der Waals surface area contributed by atoms with Crippen molar-refractivity contribution in [3.05, 3.63) is 48.6 Å². The van der Waals surface area contributed by atoms with Crippen LogP contribution in [0.3, 0.4) is 0 Å². The number of carbonyl (C=O) groups is 3. The Labute approximate surface area is 384 Å². The topological polar surface area (TPSA) is 78.9 Å². The fraction of sp³-hybridized carbons (Fsp3) is 0.804. The zero-order chi connectivity index (χ0) is 45.1. The Morgan fingerprint density at radius 3 is 0.984 bits per heavy atom. The van der Waals surface area contributed by atoms with Gasteiger partial charge in [0, 0.05) is 19.3 Å². The highest BCUT2D eigenvalue weighted by Gasteiger charge is 2.19. The van der Waals surface area contributed by atoms with Crippen molar-refractivity contribution in [2.45, 2.75) is 277 Å². The monoisotopic (exact) mass is 869 g/mol. The van der Waals surface area contributed by atoms with E-state index in [0.717, 1.165) is 77.0 Å². The predicted octanol–water partition coefficient (Wildman–Crippen LogP) is 17.5. The number of allylic oxidation sites excluding steroid dienone is 8. The maximum Gasteiger partial charge on any atom is 0.306 e. The largest absolute Gasteiger partial charge is 0.462 e. The smallest absolute Gasteiger partial charge is 0.306 e. The van der Waals surface area contributed by atoms with E-state index in [1.807, 2.05) is 0 Å². The summed E-state index contributed by atoms with van der Waals surface area (Å²) in [6.07, 6.45) is 61.0. The van der Waals surface area contributed by atoms with Gasteiger partial charge in [0.05, 0.1) is 0 Å². The van der Waals surface area contributed by atoms with E-state index in [2.05, 4.69) is 69.4 Å². The van der Waals surface area contributed by atoms with E-state index in [4.69, 9.17) is 14.2 Å². The van der Waals surface area contributed by atoms with E-state index < -0.39 is 6.10 Å². The van der Waals surface area contributed by atoms with Gasteiger partial charge in [0.2, 0.25) is 0 Å². The minimum absolute atomic E-state index is 0.0860. The SMILES string of the molecule is CC/C=C\C/C=C\C/C=C\C/C=C\CCCCC(=O)OC(COC(=O)CCCCCCCCCCCCC)COC(=O)CCCCCCCCCCCCCCCCCCCC. The summed E-state index contributed by atoms with van der Waals surface area (Å²) in [6.45, 7) is 6.51. The third-order valence-corrected chi connectivity index (χ3v) is 11.6. The van der Waals surface area contributed by atoms with Crippen LogP contribution in [0, 0.1) is 0 Å². The molecule has 360 valence electrons. The molecule has 0 N–H and O–H groups in total. The summed E-state index contributed by atoms with van der Waals surface area (Å²) < 4.78 is 16.8. The molecule has 0 spiro atoms. The van der Waals surface area contributed by atoms with Gasteiger partial charge in [-0.15, -0.1) is 0 Å². The van der Waals surface area contributed by atoms with Gasteiger partial charge in [-0.25, -0.2) is 0 Å². The Morgan fingerprint density at radius 2 is 0.629 bits per heavy atom. The molecule has 0 amide bonds. The van der Waals surface area contributed by atoms with Gasteiger partial charge in [0.15, 0.2) is 6.10 Å². The first-order chi connectivity index (χ1) is 30.5. The van der Waals surface area contributed by atoms with Crippen molar-refractivity contribution in [2.24, 2.45) is 0 Å². The molecule has 1 unspecified atom stereocenters. The Balaban J connectivity index is 4.36.